The van der Waals surface area contributed by atoms with Crippen molar-refractivity contribution in [2.45, 2.75) is 32.4 Å². The molecule has 3 N–H and O–H groups in total. The number of para-hydroxylation sites is 1. The van der Waals surface area contributed by atoms with Gasteiger partial charge in [-0.1, -0.05) is 48.5 Å². The fourth-order valence-electron chi connectivity index (χ4n) is 3.85. The Bertz CT molecular complexity index is 1320. The van der Waals surface area contributed by atoms with E-state index in [9.17, 15) is 9.59 Å². The summed E-state index contributed by atoms with van der Waals surface area (Å²) >= 11 is 0. The molecule has 0 radical (unpaired) electrons. The number of methoxy groups -OCH3 is 1. The molecule has 0 bridgehead atoms. The average molecular weight is 434 g/mol. The molecule has 0 amide bonds. The van der Waals surface area contributed by atoms with Gasteiger partial charge in [0.1, 0.15) is 11.3 Å². The van der Waals surface area contributed by atoms with Gasteiger partial charge in [-0.05, 0) is 30.0 Å². The highest BCUT2D eigenvalue weighted by Crippen LogP contribution is 2.14. The molecular weight excluding hydrogens is 406 g/mol. The molecule has 32 heavy (non-hydrogen) atoms. The van der Waals surface area contributed by atoms with Crippen LogP contribution in [0.15, 0.2) is 64.2 Å². The van der Waals surface area contributed by atoms with E-state index in [0.717, 1.165) is 11.1 Å². The fourth-order valence-corrected chi connectivity index (χ4v) is 3.85. The summed E-state index contributed by atoms with van der Waals surface area (Å²) in [6, 6.07) is 17.5. The highest BCUT2D eigenvalue weighted by Gasteiger charge is 2.17. The van der Waals surface area contributed by atoms with Gasteiger partial charge in [-0.3, -0.25) is 13.9 Å². The van der Waals surface area contributed by atoms with E-state index in [1.54, 1.807) is 11.7 Å². The zero-order chi connectivity index (χ0) is 22.5. The number of aryl methyl sites for hydroxylation is 2. The highest BCUT2D eigenvalue weighted by atomic mass is 16.5. The molecule has 0 saturated heterocycles. The summed E-state index contributed by atoms with van der Waals surface area (Å²) in [6.07, 6.45) is 1.66. The van der Waals surface area contributed by atoms with Crippen LogP contribution in [0.5, 0.6) is 0 Å². The first kappa shape index (κ1) is 21.6. The maximum Gasteiger partial charge on any atom is 0.332 e. The minimum atomic E-state index is -0.370. The molecule has 0 fully saturated rings. The molecule has 166 valence electrons. The van der Waals surface area contributed by atoms with Gasteiger partial charge in [-0.25, -0.2) is 9.78 Å². The number of nitrogen functional groups attached to an aromatic ring is 1. The molecule has 0 aliphatic heterocycles. The molecule has 2 heterocycles. The summed E-state index contributed by atoms with van der Waals surface area (Å²) in [5, 5.41) is 0. The van der Waals surface area contributed by atoms with E-state index in [0.29, 0.717) is 55.1 Å². The van der Waals surface area contributed by atoms with Gasteiger partial charge in [-0.2, -0.15) is 0 Å². The van der Waals surface area contributed by atoms with Crippen molar-refractivity contribution in [3.63, 3.8) is 0 Å². The quantitative estimate of drug-likeness (QED) is 0.311. The van der Waals surface area contributed by atoms with Crippen LogP contribution < -0.4 is 17.0 Å². The topological polar surface area (TPSA) is 108 Å². The molecule has 4 rings (SSSR count). The van der Waals surface area contributed by atoms with Gasteiger partial charge in [0.25, 0.3) is 5.56 Å². The smallest absolute Gasteiger partial charge is 0.332 e. The number of H-pyrrole nitrogens is 1. The monoisotopic (exact) mass is 433 g/mol. The van der Waals surface area contributed by atoms with Gasteiger partial charge in [0, 0.05) is 38.9 Å². The third-order valence-electron chi connectivity index (χ3n) is 5.51. The fraction of sp³-hybridized carbons (Fsp3) is 0.292. The number of aromatic amines is 1. The van der Waals surface area contributed by atoms with E-state index >= 15 is 0 Å². The molecular formula is C24H27N5O3. The van der Waals surface area contributed by atoms with Crippen LogP contribution in [0.2, 0.25) is 0 Å². The van der Waals surface area contributed by atoms with E-state index < -0.39 is 0 Å². The van der Waals surface area contributed by atoms with E-state index in [4.69, 9.17) is 10.5 Å². The number of benzene rings is 2. The number of hydrogen-bond donors (Lipinski definition) is 2. The van der Waals surface area contributed by atoms with Gasteiger partial charge in [0.05, 0.1) is 0 Å². The minimum absolute atomic E-state index is 0.280. The molecule has 8 nitrogen and oxygen atoms in total. The van der Waals surface area contributed by atoms with Gasteiger partial charge in [0.2, 0.25) is 0 Å². The normalized spacial score (nSPS) is 11.3. The van der Waals surface area contributed by atoms with Crippen LogP contribution in [0.25, 0.3) is 11.2 Å². The van der Waals surface area contributed by atoms with Crippen molar-refractivity contribution in [3.05, 3.63) is 92.4 Å². The third-order valence-corrected chi connectivity index (χ3v) is 5.51. The number of ether oxygens (including phenoxy) is 1. The maximum atomic E-state index is 13.3. The second-order valence-corrected chi connectivity index (χ2v) is 7.73. The molecule has 0 saturated carbocycles. The van der Waals surface area contributed by atoms with Crippen LogP contribution in [0.3, 0.4) is 0 Å². The number of rotatable bonds is 9. The van der Waals surface area contributed by atoms with Gasteiger partial charge >= 0.3 is 5.69 Å². The molecule has 4 aromatic rings. The Labute approximate surface area is 185 Å². The Kier molecular flexibility index (Phi) is 6.51. The summed E-state index contributed by atoms with van der Waals surface area (Å²) in [6.45, 7) is 1.11. The number of nitrogens with zero attached hydrogens (tertiary/aromatic N) is 3. The number of nitrogens with one attached hydrogen (secondary N) is 1. The molecule has 8 heteroatoms. The van der Waals surface area contributed by atoms with E-state index in [2.05, 4.69) is 9.97 Å². The van der Waals surface area contributed by atoms with Crippen molar-refractivity contribution < 1.29 is 4.74 Å². The van der Waals surface area contributed by atoms with Crippen molar-refractivity contribution in [3.8, 4) is 0 Å². The van der Waals surface area contributed by atoms with Crippen molar-refractivity contribution in [1.29, 1.82) is 0 Å². The second kappa shape index (κ2) is 9.65. The molecule has 0 spiro atoms. The Morgan fingerprint density at radius 1 is 1.00 bits per heavy atom. The average Bonchev–Trinajstić information content (AvgIpc) is 3.21. The molecule has 0 aliphatic carbocycles. The van der Waals surface area contributed by atoms with Crippen LogP contribution in [0, 0.1) is 0 Å². The Hall–Kier alpha value is -3.65. The summed E-state index contributed by atoms with van der Waals surface area (Å²) in [5.41, 5.74) is 8.77. The Morgan fingerprint density at radius 2 is 1.75 bits per heavy atom. The molecule has 2 aromatic heterocycles. The van der Waals surface area contributed by atoms with Crippen LogP contribution in [-0.2, 0) is 30.7 Å². The molecule has 0 unspecified atom stereocenters. The third kappa shape index (κ3) is 4.50. The zero-order valence-corrected chi connectivity index (χ0v) is 18.1. The van der Waals surface area contributed by atoms with Crippen molar-refractivity contribution in [1.82, 2.24) is 19.1 Å². The number of anilines is 1. The first-order valence-corrected chi connectivity index (χ1v) is 10.7. The van der Waals surface area contributed by atoms with Gasteiger partial charge in [0.15, 0.2) is 5.65 Å². The largest absolute Gasteiger partial charge is 0.399 e. The molecule has 0 aliphatic rings. The number of hydrogen-bond acceptors (Lipinski definition) is 5. The molecule has 0 atom stereocenters. The van der Waals surface area contributed by atoms with E-state index in [-0.39, 0.29) is 17.8 Å². The lowest BCUT2D eigenvalue weighted by atomic mass is 10.1. The second-order valence-electron chi connectivity index (χ2n) is 7.73. The van der Waals surface area contributed by atoms with Gasteiger partial charge in [-0.15, -0.1) is 0 Å². The molecule has 2 aromatic carbocycles. The number of imidazole rings is 1. The van der Waals surface area contributed by atoms with Crippen LogP contribution in [0.4, 0.5) is 5.69 Å². The van der Waals surface area contributed by atoms with Crippen molar-refractivity contribution in [2.24, 2.45) is 0 Å². The number of nitrogens with two attached hydrogens (primary N) is 1. The minimum Gasteiger partial charge on any atom is -0.399 e. The lowest BCUT2D eigenvalue weighted by Crippen LogP contribution is -2.40. The lowest BCUT2D eigenvalue weighted by molar-refractivity contribution is 0.189. The van der Waals surface area contributed by atoms with Crippen LogP contribution in [-0.4, -0.2) is 32.8 Å². The van der Waals surface area contributed by atoms with Crippen LogP contribution >= 0.6 is 0 Å². The number of aromatic nitrogens is 4. The van der Waals surface area contributed by atoms with Crippen LogP contribution in [0.1, 0.15) is 23.4 Å². The predicted molar refractivity (Wildman–Crippen MR) is 125 cm³/mol. The lowest BCUT2D eigenvalue weighted by Gasteiger charge is -2.12. The summed E-state index contributed by atoms with van der Waals surface area (Å²) in [7, 11) is 1.60. The van der Waals surface area contributed by atoms with Gasteiger partial charge < -0.3 is 15.5 Å². The van der Waals surface area contributed by atoms with Crippen molar-refractivity contribution >= 4 is 16.9 Å². The Balaban J connectivity index is 1.76. The summed E-state index contributed by atoms with van der Waals surface area (Å²) in [4.78, 5) is 34.2. The van der Waals surface area contributed by atoms with E-state index in [1.807, 2.05) is 54.6 Å². The zero-order valence-electron chi connectivity index (χ0n) is 18.1. The summed E-state index contributed by atoms with van der Waals surface area (Å²) < 4.78 is 7.93. The highest BCUT2D eigenvalue weighted by molar-refractivity contribution is 5.70. The van der Waals surface area contributed by atoms with Crippen molar-refractivity contribution in [2.75, 3.05) is 19.5 Å². The Morgan fingerprint density at radius 3 is 2.50 bits per heavy atom. The standard InChI is InChI=1S/C24H27N5O3/c1-32-15-7-13-29-23(30)21-22(27-20(26-21)16-17-8-3-2-4-9-17)28(24(29)31)14-12-18-10-5-6-11-19(18)25/h2-6,8-11H,7,12-16,25H2,1H3,(H,26,27). The predicted octanol–water partition coefficient (Wildman–Crippen LogP) is 2.34. The summed E-state index contributed by atoms with van der Waals surface area (Å²) in [5.74, 6) is 0.644. The maximum absolute atomic E-state index is 13.3. The SMILES string of the molecule is COCCCn1c(=O)c2[nH]c(Cc3ccccc3)nc2n(CCc2ccccc2N)c1=O. The first-order valence-electron chi connectivity index (χ1n) is 10.7. The first-order chi connectivity index (χ1) is 15.6. The van der Waals surface area contributed by atoms with E-state index in [1.165, 1.54) is 4.57 Å². The number of fused-ring (bicyclic) bond motifs is 1.